The summed E-state index contributed by atoms with van der Waals surface area (Å²) < 4.78 is 21.7. The highest BCUT2D eigenvalue weighted by Crippen LogP contribution is 2.36. The summed E-state index contributed by atoms with van der Waals surface area (Å²) >= 11 is 0. The standard InChI is InChI=1S/C24H28N2O6/c1-5-13-32-18-12-9-16(14-19(18)30-4)22-20(23(27)31-6-2)21(25-24(28)26-22)15-7-10-17(29-3)11-8-15/h7-12,14,22H,5-6,13H2,1-4H3,(H2,25,26,28). The molecule has 2 aromatic carbocycles. The number of amides is 2. The van der Waals surface area contributed by atoms with Gasteiger partial charge in [-0.2, -0.15) is 0 Å². The number of urea groups is 1. The summed E-state index contributed by atoms with van der Waals surface area (Å²) in [6.07, 6.45) is 0.857. The van der Waals surface area contributed by atoms with E-state index in [1.807, 2.05) is 6.92 Å². The normalized spacial score (nSPS) is 15.5. The number of hydrogen-bond donors (Lipinski definition) is 2. The Morgan fingerprint density at radius 2 is 1.75 bits per heavy atom. The van der Waals surface area contributed by atoms with Crippen molar-refractivity contribution in [1.82, 2.24) is 10.6 Å². The first-order chi connectivity index (χ1) is 15.5. The van der Waals surface area contributed by atoms with Crippen LogP contribution in [-0.4, -0.2) is 39.4 Å². The van der Waals surface area contributed by atoms with Crippen LogP contribution in [0.25, 0.3) is 5.70 Å². The second kappa shape index (κ2) is 10.6. The first kappa shape index (κ1) is 23.0. The van der Waals surface area contributed by atoms with Crippen molar-refractivity contribution < 1.29 is 28.5 Å². The number of nitrogens with one attached hydrogen (secondary N) is 2. The van der Waals surface area contributed by atoms with Gasteiger partial charge in [0, 0.05) is 0 Å². The average molecular weight is 440 g/mol. The van der Waals surface area contributed by atoms with Crippen molar-refractivity contribution >= 4 is 17.7 Å². The third-order valence-corrected chi connectivity index (χ3v) is 4.93. The predicted octanol–water partition coefficient (Wildman–Crippen LogP) is 3.82. The van der Waals surface area contributed by atoms with Gasteiger partial charge in [-0.25, -0.2) is 9.59 Å². The van der Waals surface area contributed by atoms with Crippen LogP contribution in [0.2, 0.25) is 0 Å². The molecule has 0 radical (unpaired) electrons. The quantitative estimate of drug-likeness (QED) is 0.576. The van der Waals surface area contributed by atoms with Crippen LogP contribution in [0.5, 0.6) is 17.2 Å². The van der Waals surface area contributed by atoms with Crippen LogP contribution in [0.1, 0.15) is 37.4 Å². The van der Waals surface area contributed by atoms with Gasteiger partial charge in [0.25, 0.3) is 0 Å². The van der Waals surface area contributed by atoms with Crippen molar-refractivity contribution in [3.05, 3.63) is 59.2 Å². The zero-order chi connectivity index (χ0) is 23.1. The van der Waals surface area contributed by atoms with Gasteiger partial charge >= 0.3 is 12.0 Å². The summed E-state index contributed by atoms with van der Waals surface area (Å²) in [6, 6.07) is 11.2. The van der Waals surface area contributed by atoms with Gasteiger partial charge in [0.1, 0.15) is 5.75 Å². The highest BCUT2D eigenvalue weighted by atomic mass is 16.5. The molecule has 0 fully saturated rings. The van der Waals surface area contributed by atoms with Gasteiger partial charge < -0.3 is 29.6 Å². The first-order valence-corrected chi connectivity index (χ1v) is 10.5. The Balaban J connectivity index is 2.11. The van der Waals surface area contributed by atoms with Gasteiger partial charge in [-0.3, -0.25) is 0 Å². The maximum atomic E-state index is 13.0. The fraction of sp³-hybridized carbons (Fsp3) is 0.333. The van der Waals surface area contributed by atoms with E-state index < -0.39 is 18.0 Å². The largest absolute Gasteiger partial charge is 0.497 e. The number of esters is 1. The first-order valence-electron chi connectivity index (χ1n) is 10.5. The number of benzene rings is 2. The summed E-state index contributed by atoms with van der Waals surface area (Å²) in [6.45, 7) is 4.50. The Hall–Kier alpha value is -3.68. The van der Waals surface area contributed by atoms with Crippen LogP contribution < -0.4 is 24.8 Å². The van der Waals surface area contributed by atoms with Crippen LogP contribution in [0.3, 0.4) is 0 Å². The average Bonchev–Trinajstić information content (AvgIpc) is 2.82. The highest BCUT2D eigenvalue weighted by molar-refractivity contribution is 6.04. The Kier molecular flexibility index (Phi) is 7.59. The van der Waals surface area contributed by atoms with Crippen LogP contribution in [-0.2, 0) is 9.53 Å². The number of carbonyl (C=O) groups is 2. The lowest BCUT2D eigenvalue weighted by Gasteiger charge is -2.30. The van der Waals surface area contributed by atoms with Gasteiger partial charge in [0.15, 0.2) is 11.5 Å². The molecule has 1 unspecified atom stereocenters. The Labute approximate surface area is 187 Å². The van der Waals surface area contributed by atoms with E-state index in [4.69, 9.17) is 18.9 Å². The minimum atomic E-state index is -0.742. The molecule has 8 heteroatoms. The van der Waals surface area contributed by atoms with E-state index in [9.17, 15) is 9.59 Å². The van der Waals surface area contributed by atoms with Crippen molar-refractivity contribution in [2.75, 3.05) is 27.4 Å². The summed E-state index contributed by atoms with van der Waals surface area (Å²) in [5, 5.41) is 5.59. The van der Waals surface area contributed by atoms with Crippen molar-refractivity contribution in [2.45, 2.75) is 26.3 Å². The second-order valence-electron chi connectivity index (χ2n) is 7.03. The van der Waals surface area contributed by atoms with E-state index >= 15 is 0 Å². The zero-order valence-corrected chi connectivity index (χ0v) is 18.7. The molecule has 1 aliphatic heterocycles. The predicted molar refractivity (Wildman–Crippen MR) is 120 cm³/mol. The molecule has 1 atom stereocenters. The molecule has 170 valence electrons. The maximum Gasteiger partial charge on any atom is 0.338 e. The summed E-state index contributed by atoms with van der Waals surface area (Å²) in [4.78, 5) is 25.6. The summed E-state index contributed by atoms with van der Waals surface area (Å²) in [5.41, 5.74) is 1.99. The summed E-state index contributed by atoms with van der Waals surface area (Å²) in [7, 11) is 3.12. The van der Waals surface area contributed by atoms with E-state index in [1.165, 1.54) is 0 Å². The molecule has 2 aromatic rings. The lowest BCUT2D eigenvalue weighted by Crippen LogP contribution is -2.45. The molecule has 0 aromatic heterocycles. The van der Waals surface area contributed by atoms with Crippen LogP contribution in [0, 0.1) is 0 Å². The van der Waals surface area contributed by atoms with E-state index in [1.54, 1.807) is 63.6 Å². The minimum Gasteiger partial charge on any atom is -0.497 e. The molecule has 2 amide bonds. The van der Waals surface area contributed by atoms with Crippen molar-refractivity contribution in [3.8, 4) is 17.2 Å². The number of ether oxygens (including phenoxy) is 4. The third-order valence-electron chi connectivity index (χ3n) is 4.93. The molecule has 1 heterocycles. The highest BCUT2D eigenvalue weighted by Gasteiger charge is 2.34. The van der Waals surface area contributed by atoms with E-state index in [0.717, 1.165) is 6.42 Å². The number of rotatable bonds is 9. The van der Waals surface area contributed by atoms with Gasteiger partial charge in [-0.1, -0.05) is 13.0 Å². The second-order valence-corrected chi connectivity index (χ2v) is 7.03. The zero-order valence-electron chi connectivity index (χ0n) is 18.7. The van der Waals surface area contributed by atoms with E-state index in [2.05, 4.69) is 10.6 Å². The third kappa shape index (κ3) is 4.96. The van der Waals surface area contributed by atoms with Crippen LogP contribution in [0.15, 0.2) is 48.0 Å². The molecule has 3 rings (SSSR count). The lowest BCUT2D eigenvalue weighted by atomic mass is 9.92. The van der Waals surface area contributed by atoms with Crippen molar-refractivity contribution in [1.29, 1.82) is 0 Å². The fourth-order valence-electron chi connectivity index (χ4n) is 3.42. The molecule has 0 aliphatic carbocycles. The maximum absolute atomic E-state index is 13.0. The van der Waals surface area contributed by atoms with Crippen molar-refractivity contribution in [3.63, 3.8) is 0 Å². The molecule has 1 aliphatic rings. The van der Waals surface area contributed by atoms with Gasteiger partial charge in [0.2, 0.25) is 0 Å². The SMILES string of the molecule is CCCOc1ccc(C2NC(=O)NC(c3ccc(OC)cc3)=C2C(=O)OCC)cc1OC. The number of carbonyl (C=O) groups excluding carboxylic acids is 2. The fourth-order valence-corrected chi connectivity index (χ4v) is 3.42. The Bertz CT molecular complexity index is 1000. The van der Waals surface area contributed by atoms with Gasteiger partial charge in [-0.15, -0.1) is 0 Å². The summed E-state index contributed by atoms with van der Waals surface area (Å²) in [5.74, 6) is 1.24. The van der Waals surface area contributed by atoms with Crippen molar-refractivity contribution in [2.24, 2.45) is 0 Å². The number of methoxy groups -OCH3 is 2. The number of hydrogen-bond acceptors (Lipinski definition) is 6. The molecule has 0 saturated carbocycles. The lowest BCUT2D eigenvalue weighted by molar-refractivity contribution is -0.138. The molecule has 0 bridgehead atoms. The Morgan fingerprint density at radius 1 is 1.00 bits per heavy atom. The van der Waals surface area contributed by atoms with Gasteiger partial charge in [-0.05, 0) is 60.9 Å². The van der Waals surface area contributed by atoms with E-state index in [0.29, 0.717) is 46.3 Å². The smallest absolute Gasteiger partial charge is 0.338 e. The Morgan fingerprint density at radius 3 is 2.38 bits per heavy atom. The molecular weight excluding hydrogens is 412 g/mol. The topological polar surface area (TPSA) is 95.1 Å². The molecular formula is C24H28N2O6. The van der Waals surface area contributed by atoms with Crippen LogP contribution >= 0.6 is 0 Å². The molecule has 0 saturated heterocycles. The molecule has 32 heavy (non-hydrogen) atoms. The molecule has 0 spiro atoms. The van der Waals surface area contributed by atoms with Crippen LogP contribution in [0.4, 0.5) is 4.79 Å². The van der Waals surface area contributed by atoms with E-state index in [-0.39, 0.29) is 6.61 Å². The minimum absolute atomic E-state index is 0.200. The van der Waals surface area contributed by atoms with Gasteiger partial charge in [0.05, 0.1) is 44.7 Å². The molecule has 2 N–H and O–H groups in total. The molecule has 8 nitrogen and oxygen atoms in total. The monoisotopic (exact) mass is 440 g/mol.